The van der Waals surface area contributed by atoms with E-state index >= 15 is 0 Å². The average molecular weight is 310 g/mol. The Morgan fingerprint density at radius 2 is 1.74 bits per heavy atom. The summed E-state index contributed by atoms with van der Waals surface area (Å²) in [4.78, 5) is 26.8. The Morgan fingerprint density at radius 3 is 2.39 bits per heavy atom. The van der Waals surface area contributed by atoms with Gasteiger partial charge in [-0.2, -0.15) is 0 Å². The third-order valence-electron chi connectivity index (χ3n) is 4.63. The van der Waals surface area contributed by atoms with Gasteiger partial charge in [0, 0.05) is 11.7 Å². The SMILES string of the molecule is Cc1ccc(C(=O)NC2CCC(c3ccccc3)CC2)c(=O)[nH]1. The van der Waals surface area contributed by atoms with Crippen molar-refractivity contribution in [1.29, 1.82) is 0 Å². The van der Waals surface area contributed by atoms with Crippen LogP contribution in [0.1, 0.15) is 53.2 Å². The minimum atomic E-state index is -0.319. The van der Waals surface area contributed by atoms with Crippen LogP contribution in [0.5, 0.6) is 0 Å². The van der Waals surface area contributed by atoms with Gasteiger partial charge in [-0.15, -0.1) is 0 Å². The summed E-state index contributed by atoms with van der Waals surface area (Å²) < 4.78 is 0. The van der Waals surface area contributed by atoms with Crippen LogP contribution in [0.3, 0.4) is 0 Å². The molecule has 0 spiro atoms. The van der Waals surface area contributed by atoms with Gasteiger partial charge >= 0.3 is 0 Å². The average Bonchev–Trinajstić information content (AvgIpc) is 2.56. The fraction of sp³-hybridized carbons (Fsp3) is 0.368. The number of hydrogen-bond donors (Lipinski definition) is 2. The van der Waals surface area contributed by atoms with Crippen LogP contribution in [0.25, 0.3) is 0 Å². The summed E-state index contributed by atoms with van der Waals surface area (Å²) in [6.07, 6.45) is 4.04. The molecule has 0 bridgehead atoms. The number of benzene rings is 1. The van der Waals surface area contributed by atoms with Crippen molar-refractivity contribution >= 4 is 5.91 Å². The Balaban J connectivity index is 1.58. The van der Waals surface area contributed by atoms with E-state index in [1.54, 1.807) is 19.1 Å². The van der Waals surface area contributed by atoms with Gasteiger partial charge in [-0.25, -0.2) is 0 Å². The van der Waals surface area contributed by atoms with E-state index in [0.717, 1.165) is 31.4 Å². The first-order valence-corrected chi connectivity index (χ1v) is 8.19. The number of rotatable bonds is 3. The molecule has 4 heteroatoms. The quantitative estimate of drug-likeness (QED) is 0.915. The van der Waals surface area contributed by atoms with E-state index in [4.69, 9.17) is 0 Å². The first-order valence-electron chi connectivity index (χ1n) is 8.19. The lowest BCUT2D eigenvalue weighted by molar-refractivity contribution is 0.0924. The maximum Gasteiger partial charge on any atom is 0.260 e. The van der Waals surface area contributed by atoms with Crippen molar-refractivity contribution in [2.24, 2.45) is 0 Å². The zero-order chi connectivity index (χ0) is 16.2. The smallest absolute Gasteiger partial charge is 0.260 e. The highest BCUT2D eigenvalue weighted by atomic mass is 16.2. The van der Waals surface area contributed by atoms with Gasteiger partial charge in [-0.3, -0.25) is 9.59 Å². The molecule has 1 aromatic heterocycles. The molecule has 0 aliphatic heterocycles. The molecular formula is C19H22N2O2. The number of aromatic nitrogens is 1. The molecule has 4 nitrogen and oxygen atoms in total. The number of aromatic amines is 1. The highest BCUT2D eigenvalue weighted by Crippen LogP contribution is 2.32. The van der Waals surface area contributed by atoms with E-state index in [-0.39, 0.29) is 23.1 Å². The number of hydrogen-bond acceptors (Lipinski definition) is 2. The number of pyridine rings is 1. The van der Waals surface area contributed by atoms with Crippen molar-refractivity contribution in [2.75, 3.05) is 0 Å². The van der Waals surface area contributed by atoms with Gasteiger partial charge in [0.2, 0.25) is 0 Å². The molecular weight excluding hydrogens is 288 g/mol. The van der Waals surface area contributed by atoms with Gasteiger partial charge < -0.3 is 10.3 Å². The van der Waals surface area contributed by atoms with Crippen molar-refractivity contribution in [2.45, 2.75) is 44.6 Å². The molecule has 1 heterocycles. The molecule has 1 saturated carbocycles. The zero-order valence-electron chi connectivity index (χ0n) is 13.3. The van der Waals surface area contributed by atoms with Gasteiger partial charge in [0.1, 0.15) is 5.56 Å². The Morgan fingerprint density at radius 1 is 1.04 bits per heavy atom. The molecule has 1 aromatic carbocycles. The number of nitrogens with one attached hydrogen (secondary N) is 2. The molecule has 1 fully saturated rings. The molecule has 0 radical (unpaired) electrons. The molecule has 1 aliphatic carbocycles. The van der Waals surface area contributed by atoms with E-state index in [0.29, 0.717) is 5.92 Å². The fourth-order valence-corrected chi connectivity index (χ4v) is 3.31. The monoisotopic (exact) mass is 310 g/mol. The number of aryl methyl sites for hydroxylation is 1. The summed E-state index contributed by atoms with van der Waals surface area (Å²) in [5, 5.41) is 3.01. The van der Waals surface area contributed by atoms with Crippen molar-refractivity contribution in [1.82, 2.24) is 10.3 Å². The standard InChI is InChI=1S/C19H22N2O2/c1-13-7-12-17(18(22)20-13)19(23)21-16-10-8-15(9-11-16)14-5-3-2-4-6-14/h2-7,12,15-16H,8-11H2,1H3,(H,20,22)(H,21,23). The third kappa shape index (κ3) is 3.70. The van der Waals surface area contributed by atoms with Gasteiger partial charge in [-0.1, -0.05) is 30.3 Å². The van der Waals surface area contributed by atoms with Crippen LogP contribution in [-0.4, -0.2) is 16.9 Å². The van der Waals surface area contributed by atoms with Crippen molar-refractivity contribution in [3.05, 3.63) is 69.6 Å². The highest BCUT2D eigenvalue weighted by molar-refractivity contribution is 5.93. The fourth-order valence-electron chi connectivity index (χ4n) is 3.31. The second-order valence-electron chi connectivity index (χ2n) is 6.32. The Labute approximate surface area is 135 Å². The second-order valence-corrected chi connectivity index (χ2v) is 6.32. The lowest BCUT2D eigenvalue weighted by Gasteiger charge is -2.29. The largest absolute Gasteiger partial charge is 0.349 e. The van der Waals surface area contributed by atoms with Gasteiger partial charge in [-0.05, 0) is 56.2 Å². The van der Waals surface area contributed by atoms with Crippen LogP contribution in [-0.2, 0) is 0 Å². The summed E-state index contributed by atoms with van der Waals surface area (Å²) in [5.41, 5.74) is 2.02. The van der Waals surface area contributed by atoms with Crippen LogP contribution < -0.4 is 10.9 Å². The number of amides is 1. The number of H-pyrrole nitrogens is 1. The number of carbonyl (C=O) groups excluding carboxylic acids is 1. The lowest BCUT2D eigenvalue weighted by Crippen LogP contribution is -2.39. The Kier molecular flexibility index (Phi) is 4.60. The summed E-state index contributed by atoms with van der Waals surface area (Å²) in [6.45, 7) is 1.80. The summed E-state index contributed by atoms with van der Waals surface area (Å²) in [7, 11) is 0. The predicted molar refractivity (Wildman–Crippen MR) is 90.7 cm³/mol. The normalized spacial score (nSPS) is 20.9. The van der Waals surface area contributed by atoms with Crippen LogP contribution in [0.15, 0.2) is 47.3 Å². The van der Waals surface area contributed by atoms with Gasteiger partial charge in [0.05, 0.1) is 0 Å². The topological polar surface area (TPSA) is 62.0 Å². The van der Waals surface area contributed by atoms with E-state index in [1.807, 2.05) is 6.07 Å². The van der Waals surface area contributed by atoms with E-state index in [9.17, 15) is 9.59 Å². The van der Waals surface area contributed by atoms with Crippen LogP contribution >= 0.6 is 0 Å². The molecule has 1 aliphatic rings. The van der Waals surface area contributed by atoms with Crippen LogP contribution in [0, 0.1) is 6.92 Å². The van der Waals surface area contributed by atoms with Gasteiger partial charge in [0.15, 0.2) is 0 Å². The highest BCUT2D eigenvalue weighted by Gasteiger charge is 2.24. The maximum atomic E-state index is 12.3. The first-order chi connectivity index (χ1) is 11.1. The molecule has 2 aromatic rings. The molecule has 1 amide bonds. The molecule has 3 rings (SSSR count). The molecule has 2 N–H and O–H groups in total. The zero-order valence-corrected chi connectivity index (χ0v) is 13.3. The minimum Gasteiger partial charge on any atom is -0.349 e. The van der Waals surface area contributed by atoms with E-state index < -0.39 is 0 Å². The summed E-state index contributed by atoms with van der Waals surface area (Å²) in [6, 6.07) is 14.0. The molecule has 0 unspecified atom stereocenters. The van der Waals surface area contributed by atoms with E-state index in [2.05, 4.69) is 34.6 Å². The summed E-state index contributed by atoms with van der Waals surface area (Å²) >= 11 is 0. The van der Waals surface area contributed by atoms with Crippen molar-refractivity contribution in [3.63, 3.8) is 0 Å². The van der Waals surface area contributed by atoms with Crippen LogP contribution in [0.4, 0.5) is 0 Å². The molecule has 23 heavy (non-hydrogen) atoms. The number of carbonyl (C=O) groups is 1. The second kappa shape index (κ2) is 6.82. The first kappa shape index (κ1) is 15.5. The van der Waals surface area contributed by atoms with E-state index in [1.165, 1.54) is 5.56 Å². The van der Waals surface area contributed by atoms with Gasteiger partial charge in [0.25, 0.3) is 11.5 Å². The minimum absolute atomic E-state index is 0.156. The summed E-state index contributed by atoms with van der Waals surface area (Å²) in [5.74, 6) is 0.307. The lowest BCUT2D eigenvalue weighted by atomic mass is 9.82. The molecule has 0 saturated heterocycles. The Hall–Kier alpha value is -2.36. The molecule has 120 valence electrons. The predicted octanol–water partition coefficient (Wildman–Crippen LogP) is 3.14. The maximum absolute atomic E-state index is 12.3. The van der Waals surface area contributed by atoms with Crippen molar-refractivity contribution in [3.8, 4) is 0 Å². The Bertz CT molecular complexity index is 729. The third-order valence-corrected chi connectivity index (χ3v) is 4.63. The van der Waals surface area contributed by atoms with Crippen LogP contribution in [0.2, 0.25) is 0 Å². The molecule has 0 atom stereocenters. The van der Waals surface area contributed by atoms with Crippen molar-refractivity contribution < 1.29 is 4.79 Å².